The molecule has 1 fully saturated rings. The molecule has 0 aromatic heterocycles. The Morgan fingerprint density at radius 3 is 2.53 bits per heavy atom. The van der Waals surface area contributed by atoms with Crippen LogP contribution in [0.5, 0.6) is 0 Å². The van der Waals surface area contributed by atoms with Crippen molar-refractivity contribution in [2.24, 2.45) is 0 Å². The number of aryl methyl sites for hydroxylation is 1. The zero-order valence-electron chi connectivity index (χ0n) is 8.79. The van der Waals surface area contributed by atoms with Crippen LogP contribution < -0.4 is 4.90 Å². The van der Waals surface area contributed by atoms with Gasteiger partial charge in [0.25, 0.3) is 0 Å². The molecular formula is C12H14BrNO. The predicted octanol–water partition coefficient (Wildman–Crippen LogP) is 2.93. The third-order valence-electron chi connectivity index (χ3n) is 2.76. The van der Waals surface area contributed by atoms with E-state index < -0.39 is 0 Å². The van der Waals surface area contributed by atoms with Gasteiger partial charge in [-0.3, -0.25) is 4.79 Å². The van der Waals surface area contributed by atoms with Crippen molar-refractivity contribution in [1.29, 1.82) is 0 Å². The number of rotatable bonds is 1. The Morgan fingerprint density at radius 1 is 1.27 bits per heavy atom. The van der Waals surface area contributed by atoms with Crippen LogP contribution in [-0.4, -0.2) is 18.9 Å². The van der Waals surface area contributed by atoms with Gasteiger partial charge in [0.15, 0.2) is 0 Å². The second kappa shape index (κ2) is 4.35. The first-order valence-corrected chi connectivity index (χ1v) is 5.99. The van der Waals surface area contributed by atoms with Gasteiger partial charge in [0.2, 0.25) is 0 Å². The number of halogens is 1. The van der Waals surface area contributed by atoms with E-state index in [1.807, 2.05) is 0 Å². The molecule has 1 aromatic carbocycles. The minimum absolute atomic E-state index is 0.384. The van der Waals surface area contributed by atoms with Crippen molar-refractivity contribution in [1.82, 2.24) is 0 Å². The van der Waals surface area contributed by atoms with Gasteiger partial charge < -0.3 is 4.90 Å². The topological polar surface area (TPSA) is 20.3 Å². The van der Waals surface area contributed by atoms with E-state index in [0.717, 1.165) is 17.6 Å². The van der Waals surface area contributed by atoms with Crippen LogP contribution in [0.15, 0.2) is 22.7 Å². The molecule has 1 heterocycles. The molecule has 0 bridgehead atoms. The molecule has 3 heteroatoms. The molecule has 0 aliphatic carbocycles. The third-order valence-corrected chi connectivity index (χ3v) is 3.40. The standard InChI is InChI=1S/C12H14BrNO/c1-9-2-3-12(11(13)8-9)14-6-4-10(15)5-7-14/h2-3,8H,4-7H2,1H3. The average Bonchev–Trinajstić information content (AvgIpc) is 2.20. The van der Waals surface area contributed by atoms with Gasteiger partial charge in [-0.2, -0.15) is 0 Å². The van der Waals surface area contributed by atoms with Gasteiger partial charge in [0.1, 0.15) is 5.78 Å². The lowest BCUT2D eigenvalue weighted by Gasteiger charge is -2.29. The van der Waals surface area contributed by atoms with E-state index in [9.17, 15) is 4.79 Å². The molecule has 0 amide bonds. The summed E-state index contributed by atoms with van der Waals surface area (Å²) in [6.45, 7) is 3.77. The molecule has 2 rings (SSSR count). The lowest BCUT2D eigenvalue weighted by molar-refractivity contribution is -0.119. The maximum atomic E-state index is 11.1. The summed E-state index contributed by atoms with van der Waals surface area (Å²) >= 11 is 3.57. The normalized spacial score (nSPS) is 16.9. The predicted molar refractivity (Wildman–Crippen MR) is 65.3 cm³/mol. The molecule has 0 spiro atoms. The van der Waals surface area contributed by atoms with Crippen LogP contribution in [-0.2, 0) is 4.79 Å². The number of benzene rings is 1. The highest BCUT2D eigenvalue weighted by Crippen LogP contribution is 2.28. The van der Waals surface area contributed by atoms with Crippen molar-refractivity contribution in [3.8, 4) is 0 Å². The van der Waals surface area contributed by atoms with Crippen molar-refractivity contribution >= 4 is 27.4 Å². The molecule has 0 unspecified atom stereocenters. The number of nitrogens with zero attached hydrogens (tertiary/aromatic N) is 1. The van der Waals surface area contributed by atoms with E-state index in [1.54, 1.807) is 0 Å². The van der Waals surface area contributed by atoms with Gasteiger partial charge in [-0.1, -0.05) is 6.07 Å². The number of anilines is 1. The maximum absolute atomic E-state index is 11.1. The summed E-state index contributed by atoms with van der Waals surface area (Å²) in [5, 5.41) is 0. The van der Waals surface area contributed by atoms with Crippen molar-refractivity contribution in [2.75, 3.05) is 18.0 Å². The van der Waals surface area contributed by atoms with E-state index in [0.29, 0.717) is 18.6 Å². The Kier molecular flexibility index (Phi) is 3.10. The van der Waals surface area contributed by atoms with Crippen LogP contribution in [0, 0.1) is 6.92 Å². The van der Waals surface area contributed by atoms with E-state index in [2.05, 4.69) is 46.0 Å². The first-order chi connectivity index (χ1) is 7.16. The second-order valence-corrected chi connectivity index (χ2v) is 4.83. The molecule has 0 atom stereocenters. The number of hydrogen-bond donors (Lipinski definition) is 0. The molecule has 15 heavy (non-hydrogen) atoms. The molecule has 0 saturated carbocycles. The number of piperidine rings is 1. The monoisotopic (exact) mass is 267 g/mol. The third kappa shape index (κ3) is 2.40. The van der Waals surface area contributed by atoms with Crippen LogP contribution in [0.4, 0.5) is 5.69 Å². The highest BCUT2D eigenvalue weighted by Gasteiger charge is 2.17. The number of ketones is 1. The molecular weight excluding hydrogens is 254 g/mol. The Balaban J connectivity index is 2.19. The fourth-order valence-corrected chi connectivity index (χ4v) is 2.61. The average molecular weight is 268 g/mol. The Hall–Kier alpha value is -0.830. The minimum Gasteiger partial charge on any atom is -0.370 e. The van der Waals surface area contributed by atoms with Gasteiger partial charge in [0, 0.05) is 30.4 Å². The van der Waals surface area contributed by atoms with Gasteiger partial charge in [-0.05, 0) is 40.5 Å². The molecule has 1 aliphatic heterocycles. The summed E-state index contributed by atoms with van der Waals surface area (Å²) in [6, 6.07) is 6.34. The van der Waals surface area contributed by atoms with Crippen LogP contribution in [0.1, 0.15) is 18.4 Å². The van der Waals surface area contributed by atoms with Gasteiger partial charge in [0.05, 0.1) is 5.69 Å². The zero-order valence-corrected chi connectivity index (χ0v) is 10.4. The van der Waals surface area contributed by atoms with Crippen molar-refractivity contribution in [2.45, 2.75) is 19.8 Å². The summed E-state index contributed by atoms with van der Waals surface area (Å²) in [7, 11) is 0. The van der Waals surface area contributed by atoms with Gasteiger partial charge >= 0.3 is 0 Å². The van der Waals surface area contributed by atoms with Crippen molar-refractivity contribution in [3.63, 3.8) is 0 Å². The van der Waals surface area contributed by atoms with Gasteiger partial charge in [-0.25, -0.2) is 0 Å². The number of hydrogen-bond acceptors (Lipinski definition) is 2. The molecule has 80 valence electrons. The number of carbonyl (C=O) groups excluding carboxylic acids is 1. The maximum Gasteiger partial charge on any atom is 0.136 e. The van der Waals surface area contributed by atoms with Crippen molar-refractivity contribution < 1.29 is 4.79 Å². The lowest BCUT2D eigenvalue weighted by Crippen LogP contribution is -2.33. The summed E-state index contributed by atoms with van der Waals surface area (Å²) in [6.07, 6.45) is 1.36. The van der Waals surface area contributed by atoms with Crippen LogP contribution in [0.3, 0.4) is 0 Å². The molecule has 1 aliphatic rings. The zero-order chi connectivity index (χ0) is 10.8. The second-order valence-electron chi connectivity index (χ2n) is 3.98. The van der Waals surface area contributed by atoms with E-state index in [-0.39, 0.29) is 0 Å². The highest BCUT2D eigenvalue weighted by atomic mass is 79.9. The lowest BCUT2D eigenvalue weighted by atomic mass is 10.1. The fraction of sp³-hybridized carbons (Fsp3) is 0.417. The van der Waals surface area contributed by atoms with Crippen LogP contribution in [0.25, 0.3) is 0 Å². The first kappa shape index (κ1) is 10.7. The molecule has 2 nitrogen and oxygen atoms in total. The summed E-state index contributed by atoms with van der Waals surface area (Å²) in [4.78, 5) is 13.4. The number of Topliss-reactive ketones (excluding diaryl/α,β-unsaturated/α-hetero) is 1. The van der Waals surface area contributed by atoms with E-state index in [1.165, 1.54) is 11.3 Å². The molecule has 1 aromatic rings. The minimum atomic E-state index is 0.384. The van der Waals surface area contributed by atoms with Gasteiger partial charge in [-0.15, -0.1) is 0 Å². The molecule has 0 radical (unpaired) electrons. The smallest absolute Gasteiger partial charge is 0.136 e. The SMILES string of the molecule is Cc1ccc(N2CCC(=O)CC2)c(Br)c1. The number of carbonyl (C=O) groups is 1. The summed E-state index contributed by atoms with van der Waals surface area (Å²) in [5.41, 5.74) is 2.45. The fourth-order valence-electron chi connectivity index (χ4n) is 1.87. The van der Waals surface area contributed by atoms with Crippen LogP contribution >= 0.6 is 15.9 Å². The largest absolute Gasteiger partial charge is 0.370 e. The van der Waals surface area contributed by atoms with Crippen molar-refractivity contribution in [3.05, 3.63) is 28.2 Å². The quantitative estimate of drug-likeness (QED) is 0.780. The molecule has 0 N–H and O–H groups in total. The molecule has 1 saturated heterocycles. The highest BCUT2D eigenvalue weighted by molar-refractivity contribution is 9.10. The Labute approximate surface area is 98.4 Å². The van der Waals surface area contributed by atoms with E-state index >= 15 is 0 Å². The first-order valence-electron chi connectivity index (χ1n) is 5.19. The Morgan fingerprint density at radius 2 is 1.93 bits per heavy atom. The summed E-state index contributed by atoms with van der Waals surface area (Å²) in [5.74, 6) is 0.384. The Bertz CT molecular complexity index is 379. The van der Waals surface area contributed by atoms with Crippen LogP contribution in [0.2, 0.25) is 0 Å². The van der Waals surface area contributed by atoms with E-state index in [4.69, 9.17) is 0 Å². The summed E-state index contributed by atoms with van der Waals surface area (Å²) < 4.78 is 1.12.